The molecule has 52 heavy (non-hydrogen) atoms. The van der Waals surface area contributed by atoms with Gasteiger partial charge in [-0.3, -0.25) is 0 Å². The molecule has 0 saturated heterocycles. The van der Waals surface area contributed by atoms with Crippen LogP contribution in [0.3, 0.4) is 0 Å². The van der Waals surface area contributed by atoms with E-state index in [1.807, 2.05) is 0 Å². The molecule has 2 N–H and O–H groups in total. The molecule has 0 aliphatic heterocycles. The van der Waals surface area contributed by atoms with E-state index in [1.165, 1.54) is 76.6 Å². The highest BCUT2D eigenvalue weighted by Gasteiger charge is 2.17. The number of hydrogen-bond acceptors (Lipinski definition) is 2. The lowest BCUT2D eigenvalue weighted by molar-refractivity contribution is 1.01. The Kier molecular flexibility index (Phi) is 6.90. The van der Waals surface area contributed by atoms with Crippen LogP contribution in [0.5, 0.6) is 0 Å². The largest absolute Gasteiger partial charge is 0.355 e. The molecule has 0 aliphatic rings. The van der Waals surface area contributed by atoms with Gasteiger partial charge in [0.1, 0.15) is 0 Å². The maximum Gasteiger partial charge on any atom is 0.0509 e. The van der Waals surface area contributed by atoms with Crippen LogP contribution in [0.4, 0.5) is 22.7 Å². The molecule has 2 heterocycles. The molecule has 0 atom stereocenters. The van der Waals surface area contributed by atoms with E-state index in [-0.39, 0.29) is 0 Å². The smallest absolute Gasteiger partial charge is 0.0509 e. The highest BCUT2D eigenvalue weighted by molar-refractivity contribution is 6.29. The van der Waals surface area contributed by atoms with Crippen LogP contribution in [0.25, 0.3) is 76.6 Å². The number of hydrogen-bond donors (Lipinski definition) is 2. The minimum Gasteiger partial charge on any atom is -0.355 e. The summed E-state index contributed by atoms with van der Waals surface area (Å²) in [6.45, 7) is 0. The van der Waals surface area contributed by atoms with E-state index in [4.69, 9.17) is 0 Å². The van der Waals surface area contributed by atoms with Crippen molar-refractivity contribution in [1.82, 2.24) is 9.13 Å². The number of aromatic nitrogens is 2. The Bertz CT molecular complexity index is 2730. The lowest BCUT2D eigenvalue weighted by Crippen LogP contribution is -1.92. The minimum absolute atomic E-state index is 1.07. The van der Waals surface area contributed by atoms with Crippen LogP contribution >= 0.6 is 0 Å². The first kappa shape index (κ1) is 30.1. The van der Waals surface area contributed by atoms with Gasteiger partial charge in [-0.05, 0) is 93.7 Å². The number of rotatable bonds is 6. The second kappa shape index (κ2) is 11.9. The van der Waals surface area contributed by atoms with Crippen molar-refractivity contribution in [3.63, 3.8) is 0 Å². The molecule has 8 aromatic carbocycles. The third kappa shape index (κ3) is 4.91. The summed E-state index contributed by atoms with van der Waals surface area (Å²) in [6, 6.07) is 61.0. The van der Waals surface area contributed by atoms with Gasteiger partial charge in [0.15, 0.2) is 0 Å². The van der Waals surface area contributed by atoms with Crippen LogP contribution < -0.4 is 10.6 Å². The third-order valence-corrected chi connectivity index (χ3v) is 10.7. The van der Waals surface area contributed by atoms with E-state index in [9.17, 15) is 0 Å². The Morgan fingerprint density at radius 2 is 0.654 bits per heavy atom. The summed E-state index contributed by atoms with van der Waals surface area (Å²) in [6.07, 6.45) is 0. The normalized spacial score (nSPS) is 11.7. The molecule has 0 bridgehead atoms. The first-order valence-corrected chi connectivity index (χ1v) is 17.8. The standard InChI is InChI=1S/C48H36N4/c1-51-43-27-25-40-39(47(43)41-23-21-37(29-45(41)51)49-35-17-13-33(14-18-35)31-9-5-3-6-10-31)26-28-44-48(40)42-24-22-38(30-46(42)52(44)2)50-36-19-15-34(16-20-36)32-11-7-4-8-12-32/h3-30,49-50H,1-2H3. The predicted octanol–water partition coefficient (Wildman–Crippen LogP) is 13.0. The Balaban J connectivity index is 1.00. The van der Waals surface area contributed by atoms with Crippen LogP contribution in [-0.2, 0) is 14.1 Å². The Hall–Kier alpha value is -6.78. The van der Waals surface area contributed by atoms with E-state index in [2.05, 4.69) is 204 Å². The van der Waals surface area contributed by atoms with Gasteiger partial charge in [-0.25, -0.2) is 0 Å². The summed E-state index contributed by atoms with van der Waals surface area (Å²) in [5.41, 5.74) is 14.0. The van der Waals surface area contributed by atoms with Crippen molar-refractivity contribution in [2.75, 3.05) is 10.6 Å². The topological polar surface area (TPSA) is 33.9 Å². The molecule has 0 spiro atoms. The fourth-order valence-corrected chi connectivity index (χ4v) is 8.05. The molecule has 4 heteroatoms. The average Bonchev–Trinajstić information content (AvgIpc) is 3.65. The van der Waals surface area contributed by atoms with Crippen molar-refractivity contribution >= 4 is 77.1 Å². The zero-order valence-corrected chi connectivity index (χ0v) is 29.1. The number of nitrogens with zero attached hydrogens (tertiary/aromatic N) is 2. The zero-order valence-electron chi connectivity index (χ0n) is 29.1. The summed E-state index contributed by atoms with van der Waals surface area (Å²) in [4.78, 5) is 0. The monoisotopic (exact) mass is 668 g/mol. The van der Waals surface area contributed by atoms with Gasteiger partial charge in [-0.1, -0.05) is 109 Å². The quantitative estimate of drug-likeness (QED) is 0.185. The summed E-state index contributed by atoms with van der Waals surface area (Å²) in [7, 11) is 4.35. The molecule has 0 aliphatic carbocycles. The molecule has 0 amide bonds. The number of benzene rings is 8. The van der Waals surface area contributed by atoms with Crippen LogP contribution in [0.2, 0.25) is 0 Å². The fraction of sp³-hybridized carbons (Fsp3) is 0.0417. The Labute approximate surface area is 302 Å². The predicted molar refractivity (Wildman–Crippen MR) is 222 cm³/mol. The first-order valence-electron chi connectivity index (χ1n) is 17.8. The molecule has 0 unspecified atom stereocenters. The molecule has 2 aromatic heterocycles. The van der Waals surface area contributed by atoms with E-state index >= 15 is 0 Å². The van der Waals surface area contributed by atoms with Gasteiger partial charge >= 0.3 is 0 Å². The SMILES string of the molecule is Cn1c2cc(Nc3ccc(-c4ccccc4)cc3)ccc2c2c3ccc4c(c3ccc21)c1ccc(Nc2ccc(-c3ccccc3)cc2)cc1n4C. The molecule has 0 fully saturated rings. The van der Waals surface area contributed by atoms with Crippen molar-refractivity contribution in [2.45, 2.75) is 0 Å². The van der Waals surface area contributed by atoms with Gasteiger partial charge in [-0.15, -0.1) is 0 Å². The summed E-state index contributed by atoms with van der Waals surface area (Å²) >= 11 is 0. The van der Waals surface area contributed by atoms with Gasteiger partial charge in [0.2, 0.25) is 0 Å². The van der Waals surface area contributed by atoms with Gasteiger partial charge in [0.25, 0.3) is 0 Å². The van der Waals surface area contributed by atoms with Crippen LogP contribution in [-0.4, -0.2) is 9.13 Å². The van der Waals surface area contributed by atoms with E-state index in [0.717, 1.165) is 22.7 Å². The first-order chi connectivity index (χ1) is 25.6. The second-order valence-electron chi connectivity index (χ2n) is 13.7. The van der Waals surface area contributed by atoms with E-state index in [0.29, 0.717) is 0 Å². The zero-order chi connectivity index (χ0) is 34.8. The van der Waals surface area contributed by atoms with Crippen LogP contribution in [0.15, 0.2) is 170 Å². The third-order valence-electron chi connectivity index (χ3n) is 10.7. The summed E-state index contributed by atoms with van der Waals surface area (Å²) in [5.74, 6) is 0. The number of nitrogens with one attached hydrogen (secondary N) is 2. The molecule has 0 saturated carbocycles. The highest BCUT2D eigenvalue weighted by atomic mass is 15.0. The number of aryl methyl sites for hydroxylation is 2. The van der Waals surface area contributed by atoms with Crippen molar-refractivity contribution in [1.29, 1.82) is 0 Å². The molecule has 10 aromatic rings. The number of fused-ring (bicyclic) bond motifs is 9. The lowest BCUT2D eigenvalue weighted by Gasteiger charge is -2.09. The van der Waals surface area contributed by atoms with Gasteiger partial charge in [-0.2, -0.15) is 0 Å². The minimum atomic E-state index is 1.07. The Morgan fingerprint density at radius 1 is 0.308 bits per heavy atom. The van der Waals surface area contributed by atoms with E-state index in [1.54, 1.807) is 0 Å². The van der Waals surface area contributed by atoms with Crippen molar-refractivity contribution < 1.29 is 0 Å². The van der Waals surface area contributed by atoms with Crippen molar-refractivity contribution in [2.24, 2.45) is 14.1 Å². The van der Waals surface area contributed by atoms with Crippen LogP contribution in [0.1, 0.15) is 0 Å². The number of anilines is 4. The molecular formula is C48H36N4. The van der Waals surface area contributed by atoms with Crippen LogP contribution in [0, 0.1) is 0 Å². The summed E-state index contributed by atoms with van der Waals surface area (Å²) < 4.78 is 4.65. The Morgan fingerprint density at radius 3 is 1.06 bits per heavy atom. The maximum absolute atomic E-state index is 3.64. The highest BCUT2D eigenvalue weighted by Crippen LogP contribution is 2.41. The van der Waals surface area contributed by atoms with Crippen molar-refractivity contribution in [3.8, 4) is 22.3 Å². The van der Waals surface area contributed by atoms with Crippen molar-refractivity contribution in [3.05, 3.63) is 170 Å². The molecule has 10 rings (SSSR count). The molecular weight excluding hydrogens is 633 g/mol. The van der Waals surface area contributed by atoms with Gasteiger partial charge in [0, 0.05) is 69.4 Å². The van der Waals surface area contributed by atoms with E-state index < -0.39 is 0 Å². The molecule has 4 nitrogen and oxygen atoms in total. The molecule has 0 radical (unpaired) electrons. The average molecular weight is 669 g/mol. The second-order valence-corrected chi connectivity index (χ2v) is 13.7. The van der Waals surface area contributed by atoms with Gasteiger partial charge in [0.05, 0.1) is 11.0 Å². The molecule has 248 valence electrons. The maximum atomic E-state index is 3.64. The summed E-state index contributed by atoms with van der Waals surface area (Å²) in [5, 5.41) is 14.9. The fourth-order valence-electron chi connectivity index (χ4n) is 8.05. The lowest BCUT2D eigenvalue weighted by atomic mass is 9.99. The van der Waals surface area contributed by atoms with Gasteiger partial charge < -0.3 is 19.8 Å².